The van der Waals surface area contributed by atoms with E-state index in [1.54, 1.807) is 36.7 Å². The predicted octanol–water partition coefficient (Wildman–Crippen LogP) is 1.92. The summed E-state index contributed by atoms with van der Waals surface area (Å²) in [5.74, 6) is 0.432. The van der Waals surface area contributed by atoms with Gasteiger partial charge in [0.05, 0.1) is 6.04 Å². The Morgan fingerprint density at radius 2 is 2.10 bits per heavy atom. The second kappa shape index (κ2) is 6.56. The lowest BCUT2D eigenvalue weighted by Gasteiger charge is -2.14. The Balaban J connectivity index is 1.82. The van der Waals surface area contributed by atoms with E-state index >= 15 is 0 Å². The summed E-state index contributed by atoms with van der Waals surface area (Å²) >= 11 is 0. The summed E-state index contributed by atoms with van der Waals surface area (Å²) in [4.78, 5) is 15.8. The number of carbonyl (C=O) groups excluding carboxylic acids is 1. The number of benzene rings is 1. The molecule has 0 aliphatic rings. The van der Waals surface area contributed by atoms with Gasteiger partial charge in [0, 0.05) is 18.1 Å². The van der Waals surface area contributed by atoms with Crippen LogP contribution in [0, 0.1) is 0 Å². The van der Waals surface area contributed by atoms with Gasteiger partial charge >= 0.3 is 0 Å². The zero-order valence-corrected chi connectivity index (χ0v) is 11.2. The third-order valence-corrected chi connectivity index (χ3v) is 2.81. The van der Waals surface area contributed by atoms with Gasteiger partial charge in [0.2, 0.25) is 0 Å². The molecule has 1 aromatic carbocycles. The van der Waals surface area contributed by atoms with Crippen LogP contribution in [0.4, 0.5) is 5.69 Å². The second-order valence-electron chi connectivity index (χ2n) is 4.43. The van der Waals surface area contributed by atoms with Gasteiger partial charge in [-0.05, 0) is 42.8 Å². The maximum atomic E-state index is 11.8. The normalized spacial score (nSPS) is 11.7. The Hall–Kier alpha value is -2.56. The van der Waals surface area contributed by atoms with Crippen molar-refractivity contribution in [2.75, 3.05) is 12.3 Å². The highest BCUT2D eigenvalue weighted by atomic mass is 16.5. The van der Waals surface area contributed by atoms with Gasteiger partial charge in [-0.15, -0.1) is 0 Å². The van der Waals surface area contributed by atoms with Crippen LogP contribution in [0.1, 0.15) is 18.5 Å². The highest BCUT2D eigenvalue weighted by molar-refractivity contribution is 5.78. The van der Waals surface area contributed by atoms with Crippen molar-refractivity contribution in [1.29, 1.82) is 0 Å². The highest BCUT2D eigenvalue weighted by Crippen LogP contribution is 2.13. The summed E-state index contributed by atoms with van der Waals surface area (Å²) in [6.07, 6.45) is 3.42. The van der Waals surface area contributed by atoms with Crippen LogP contribution in [-0.2, 0) is 4.79 Å². The van der Waals surface area contributed by atoms with Crippen LogP contribution in [0.25, 0.3) is 0 Å². The first-order valence-corrected chi connectivity index (χ1v) is 6.33. The van der Waals surface area contributed by atoms with E-state index in [4.69, 9.17) is 10.5 Å². The summed E-state index contributed by atoms with van der Waals surface area (Å²) in [5, 5.41) is 2.85. The van der Waals surface area contributed by atoms with Crippen molar-refractivity contribution in [3.05, 3.63) is 54.4 Å². The fraction of sp³-hybridized carbons (Fsp3) is 0.200. The highest BCUT2D eigenvalue weighted by Gasteiger charge is 2.09. The van der Waals surface area contributed by atoms with Crippen molar-refractivity contribution in [2.24, 2.45) is 0 Å². The summed E-state index contributed by atoms with van der Waals surface area (Å²) in [5.41, 5.74) is 7.18. The number of carbonyl (C=O) groups is 1. The van der Waals surface area contributed by atoms with E-state index in [-0.39, 0.29) is 18.6 Å². The van der Waals surface area contributed by atoms with E-state index in [0.29, 0.717) is 11.4 Å². The minimum Gasteiger partial charge on any atom is -0.484 e. The maximum Gasteiger partial charge on any atom is 0.258 e. The number of rotatable bonds is 5. The molecule has 1 amide bonds. The molecule has 5 nitrogen and oxygen atoms in total. The zero-order chi connectivity index (χ0) is 14.4. The minimum absolute atomic E-state index is 0.0332. The lowest BCUT2D eigenvalue weighted by Crippen LogP contribution is -2.31. The summed E-state index contributed by atoms with van der Waals surface area (Å²) < 4.78 is 5.38. The number of pyridine rings is 1. The summed E-state index contributed by atoms with van der Waals surface area (Å²) in [7, 11) is 0. The topological polar surface area (TPSA) is 77.2 Å². The molecule has 0 bridgehead atoms. The van der Waals surface area contributed by atoms with Gasteiger partial charge < -0.3 is 15.8 Å². The van der Waals surface area contributed by atoms with Crippen LogP contribution in [-0.4, -0.2) is 17.5 Å². The van der Waals surface area contributed by atoms with Gasteiger partial charge in [-0.3, -0.25) is 9.78 Å². The van der Waals surface area contributed by atoms with Crippen LogP contribution in [0.15, 0.2) is 48.8 Å². The van der Waals surface area contributed by atoms with Gasteiger partial charge in [-0.1, -0.05) is 6.07 Å². The fourth-order valence-corrected chi connectivity index (χ4v) is 1.71. The van der Waals surface area contributed by atoms with Gasteiger partial charge in [-0.25, -0.2) is 0 Å². The molecule has 0 spiro atoms. The van der Waals surface area contributed by atoms with Crippen molar-refractivity contribution >= 4 is 11.6 Å². The van der Waals surface area contributed by atoms with Crippen LogP contribution in [0.3, 0.4) is 0 Å². The monoisotopic (exact) mass is 271 g/mol. The van der Waals surface area contributed by atoms with Gasteiger partial charge in [0.1, 0.15) is 5.75 Å². The smallest absolute Gasteiger partial charge is 0.258 e. The molecular weight excluding hydrogens is 254 g/mol. The number of hydrogen-bond acceptors (Lipinski definition) is 4. The molecule has 1 atom stereocenters. The molecule has 0 radical (unpaired) electrons. The summed E-state index contributed by atoms with van der Waals surface area (Å²) in [6, 6.07) is 10.6. The van der Waals surface area contributed by atoms with E-state index in [2.05, 4.69) is 10.3 Å². The quantitative estimate of drug-likeness (QED) is 0.814. The van der Waals surface area contributed by atoms with Crippen LogP contribution < -0.4 is 15.8 Å². The van der Waals surface area contributed by atoms with E-state index in [0.717, 1.165) is 5.56 Å². The number of nitrogens with one attached hydrogen (secondary N) is 1. The Kier molecular flexibility index (Phi) is 4.55. The number of ether oxygens (including phenoxy) is 1. The number of aromatic nitrogens is 1. The first-order valence-electron chi connectivity index (χ1n) is 6.33. The Labute approximate surface area is 117 Å². The maximum absolute atomic E-state index is 11.8. The molecular formula is C15H17N3O2. The Bertz CT molecular complexity index is 555. The van der Waals surface area contributed by atoms with Gasteiger partial charge in [-0.2, -0.15) is 0 Å². The molecule has 5 heteroatoms. The van der Waals surface area contributed by atoms with Crippen molar-refractivity contribution in [2.45, 2.75) is 13.0 Å². The number of anilines is 1. The standard InChI is InChI=1S/C15H17N3O2/c1-11(12-3-2-8-17-9-12)18-15(19)10-20-14-6-4-13(16)5-7-14/h2-9,11H,10,16H2,1H3,(H,18,19). The number of nitrogen functional groups attached to an aromatic ring is 1. The lowest BCUT2D eigenvalue weighted by molar-refractivity contribution is -0.123. The fourth-order valence-electron chi connectivity index (χ4n) is 1.71. The average Bonchev–Trinajstić information content (AvgIpc) is 2.47. The first-order chi connectivity index (χ1) is 9.65. The van der Waals surface area contributed by atoms with E-state index in [9.17, 15) is 4.79 Å². The van der Waals surface area contributed by atoms with Crippen molar-refractivity contribution in [3.8, 4) is 5.75 Å². The molecule has 1 heterocycles. The average molecular weight is 271 g/mol. The Morgan fingerprint density at radius 1 is 1.35 bits per heavy atom. The minimum atomic E-state index is -0.182. The molecule has 2 rings (SSSR count). The first kappa shape index (κ1) is 13.9. The van der Waals surface area contributed by atoms with E-state index in [1.165, 1.54) is 0 Å². The predicted molar refractivity (Wildman–Crippen MR) is 77.1 cm³/mol. The zero-order valence-electron chi connectivity index (χ0n) is 11.2. The van der Waals surface area contributed by atoms with Crippen LogP contribution in [0.5, 0.6) is 5.75 Å². The SMILES string of the molecule is CC(NC(=O)COc1ccc(N)cc1)c1cccnc1. The molecule has 0 saturated carbocycles. The largest absolute Gasteiger partial charge is 0.484 e. The summed E-state index contributed by atoms with van der Waals surface area (Å²) in [6.45, 7) is 1.87. The van der Waals surface area contributed by atoms with Crippen LogP contribution in [0.2, 0.25) is 0 Å². The van der Waals surface area contributed by atoms with E-state index < -0.39 is 0 Å². The lowest BCUT2D eigenvalue weighted by atomic mass is 10.1. The second-order valence-corrected chi connectivity index (χ2v) is 4.43. The number of amides is 1. The third kappa shape index (κ3) is 3.98. The molecule has 1 aromatic heterocycles. The van der Waals surface area contributed by atoms with Crippen molar-refractivity contribution in [1.82, 2.24) is 10.3 Å². The number of nitrogens with zero attached hydrogens (tertiary/aromatic N) is 1. The van der Waals surface area contributed by atoms with Gasteiger partial charge in [0.15, 0.2) is 6.61 Å². The van der Waals surface area contributed by atoms with Crippen molar-refractivity contribution in [3.63, 3.8) is 0 Å². The molecule has 0 fully saturated rings. The molecule has 0 aliphatic carbocycles. The molecule has 0 saturated heterocycles. The number of nitrogens with two attached hydrogens (primary N) is 1. The molecule has 1 unspecified atom stereocenters. The van der Waals surface area contributed by atoms with Gasteiger partial charge in [0.25, 0.3) is 5.91 Å². The molecule has 2 aromatic rings. The third-order valence-electron chi connectivity index (χ3n) is 2.81. The number of hydrogen-bond donors (Lipinski definition) is 2. The van der Waals surface area contributed by atoms with Crippen molar-refractivity contribution < 1.29 is 9.53 Å². The molecule has 3 N–H and O–H groups in total. The van der Waals surface area contributed by atoms with E-state index in [1.807, 2.05) is 19.1 Å². The molecule has 104 valence electrons. The molecule has 0 aliphatic heterocycles. The molecule has 20 heavy (non-hydrogen) atoms. The van der Waals surface area contributed by atoms with Crippen LogP contribution >= 0.6 is 0 Å². The Morgan fingerprint density at radius 3 is 2.75 bits per heavy atom.